The molecule has 1 heterocycles. The molecule has 94 valence electrons. The number of nitrogens with two attached hydrogens (primary N) is 1. The highest BCUT2D eigenvalue weighted by Gasteiger charge is 2.17. The molecular formula is C13H13Cl2N3. The van der Waals surface area contributed by atoms with Gasteiger partial charge < -0.3 is 0 Å². The summed E-state index contributed by atoms with van der Waals surface area (Å²) in [4.78, 5) is 4.16. The normalized spacial score (nSPS) is 12.4. The predicted molar refractivity (Wildman–Crippen MR) is 74.6 cm³/mol. The summed E-state index contributed by atoms with van der Waals surface area (Å²) in [7, 11) is 0. The number of aromatic nitrogens is 1. The first-order valence-corrected chi connectivity index (χ1v) is 6.21. The van der Waals surface area contributed by atoms with E-state index in [4.69, 9.17) is 29.0 Å². The third-order valence-electron chi connectivity index (χ3n) is 2.71. The van der Waals surface area contributed by atoms with Crippen LogP contribution in [-0.4, -0.2) is 4.98 Å². The summed E-state index contributed by atoms with van der Waals surface area (Å²) in [6.07, 6.45) is 1.74. The van der Waals surface area contributed by atoms with Gasteiger partial charge in [0, 0.05) is 11.9 Å². The number of hydrogen-bond acceptors (Lipinski definition) is 3. The maximum absolute atomic E-state index is 6.21. The molecular weight excluding hydrogens is 269 g/mol. The Kier molecular flexibility index (Phi) is 4.19. The molecule has 2 rings (SSSR count). The summed E-state index contributed by atoms with van der Waals surface area (Å²) in [6.45, 7) is 1.93. The van der Waals surface area contributed by atoms with Crippen LogP contribution in [0.5, 0.6) is 0 Å². The van der Waals surface area contributed by atoms with E-state index in [0.29, 0.717) is 10.0 Å². The van der Waals surface area contributed by atoms with Gasteiger partial charge in [-0.3, -0.25) is 10.8 Å². The van der Waals surface area contributed by atoms with E-state index >= 15 is 0 Å². The molecule has 1 unspecified atom stereocenters. The summed E-state index contributed by atoms with van der Waals surface area (Å²) in [5.74, 6) is 5.63. The van der Waals surface area contributed by atoms with Gasteiger partial charge in [-0.2, -0.15) is 0 Å². The number of pyridine rings is 1. The number of hydrogen-bond donors (Lipinski definition) is 2. The number of hydrazine groups is 1. The second-order valence-electron chi connectivity index (χ2n) is 3.97. The fourth-order valence-corrected chi connectivity index (χ4v) is 2.27. The highest BCUT2D eigenvalue weighted by Crippen LogP contribution is 2.32. The van der Waals surface area contributed by atoms with Crippen molar-refractivity contribution in [3.05, 3.63) is 63.4 Å². The molecule has 0 saturated carbocycles. The first-order valence-electron chi connectivity index (χ1n) is 5.46. The second-order valence-corrected chi connectivity index (χ2v) is 4.76. The minimum Gasteiger partial charge on any atom is -0.271 e. The Bertz CT molecular complexity index is 558. The number of benzene rings is 1. The van der Waals surface area contributed by atoms with Crippen molar-refractivity contribution < 1.29 is 0 Å². The van der Waals surface area contributed by atoms with Crippen molar-refractivity contribution >= 4 is 23.2 Å². The lowest BCUT2D eigenvalue weighted by Crippen LogP contribution is -2.29. The fraction of sp³-hybridized carbons (Fsp3) is 0.154. The topological polar surface area (TPSA) is 50.9 Å². The van der Waals surface area contributed by atoms with Crippen molar-refractivity contribution in [2.24, 2.45) is 5.84 Å². The Morgan fingerprint density at radius 1 is 1.28 bits per heavy atom. The SMILES string of the molecule is Cc1cc(C(NN)c2cccc(Cl)c2Cl)ccn1. The standard InChI is InChI=1S/C13H13Cl2N3/c1-8-7-9(5-6-17-8)13(18-16)10-3-2-4-11(14)12(10)15/h2-7,13,18H,16H2,1H3. The van der Waals surface area contributed by atoms with Gasteiger partial charge in [0.25, 0.3) is 0 Å². The van der Waals surface area contributed by atoms with Crippen molar-refractivity contribution in [3.63, 3.8) is 0 Å². The molecule has 0 saturated heterocycles. The number of aryl methyl sites for hydroxylation is 1. The van der Waals surface area contributed by atoms with E-state index in [1.165, 1.54) is 0 Å². The number of nitrogens with one attached hydrogen (secondary N) is 1. The Morgan fingerprint density at radius 3 is 2.72 bits per heavy atom. The Hall–Kier alpha value is -1.13. The largest absolute Gasteiger partial charge is 0.271 e. The van der Waals surface area contributed by atoms with E-state index in [1.807, 2.05) is 31.2 Å². The fourth-order valence-electron chi connectivity index (χ4n) is 1.86. The maximum atomic E-state index is 6.21. The van der Waals surface area contributed by atoms with E-state index in [9.17, 15) is 0 Å². The van der Waals surface area contributed by atoms with E-state index < -0.39 is 0 Å². The number of rotatable bonds is 3. The van der Waals surface area contributed by atoms with Gasteiger partial charge in [-0.15, -0.1) is 0 Å². The van der Waals surface area contributed by atoms with Crippen molar-refractivity contribution in [1.82, 2.24) is 10.4 Å². The van der Waals surface area contributed by atoms with E-state index in [1.54, 1.807) is 12.3 Å². The second kappa shape index (κ2) is 5.67. The summed E-state index contributed by atoms with van der Waals surface area (Å²) in [5.41, 5.74) is 5.52. The lowest BCUT2D eigenvalue weighted by Gasteiger charge is -2.19. The van der Waals surface area contributed by atoms with Crippen LogP contribution in [0.15, 0.2) is 36.5 Å². The third kappa shape index (κ3) is 2.65. The first-order chi connectivity index (χ1) is 8.63. The molecule has 18 heavy (non-hydrogen) atoms. The third-order valence-corrected chi connectivity index (χ3v) is 3.55. The molecule has 0 aliphatic heterocycles. The molecule has 1 aromatic heterocycles. The zero-order valence-electron chi connectivity index (χ0n) is 9.82. The van der Waals surface area contributed by atoms with Crippen LogP contribution in [-0.2, 0) is 0 Å². The van der Waals surface area contributed by atoms with Gasteiger partial charge in [0.15, 0.2) is 0 Å². The minimum atomic E-state index is -0.210. The van der Waals surface area contributed by atoms with Crippen LogP contribution in [0.2, 0.25) is 10.0 Å². The molecule has 0 aliphatic carbocycles. The summed E-state index contributed by atoms with van der Waals surface area (Å²) in [5, 5.41) is 1.02. The van der Waals surface area contributed by atoms with E-state index in [0.717, 1.165) is 16.8 Å². The summed E-state index contributed by atoms with van der Waals surface area (Å²) >= 11 is 12.2. The molecule has 0 radical (unpaired) electrons. The zero-order valence-corrected chi connectivity index (χ0v) is 11.3. The van der Waals surface area contributed by atoms with Crippen molar-refractivity contribution in [2.45, 2.75) is 13.0 Å². The minimum absolute atomic E-state index is 0.210. The average molecular weight is 282 g/mol. The smallest absolute Gasteiger partial charge is 0.0726 e. The Labute approximate surface area is 116 Å². The van der Waals surface area contributed by atoms with Gasteiger partial charge in [0.1, 0.15) is 0 Å². The van der Waals surface area contributed by atoms with E-state index in [2.05, 4.69) is 10.4 Å². The molecule has 5 heteroatoms. The van der Waals surface area contributed by atoms with Crippen molar-refractivity contribution in [2.75, 3.05) is 0 Å². The highest BCUT2D eigenvalue weighted by atomic mass is 35.5. The van der Waals surface area contributed by atoms with Gasteiger partial charge >= 0.3 is 0 Å². The summed E-state index contributed by atoms with van der Waals surface area (Å²) in [6, 6.07) is 9.14. The summed E-state index contributed by atoms with van der Waals surface area (Å²) < 4.78 is 0. The highest BCUT2D eigenvalue weighted by molar-refractivity contribution is 6.42. The van der Waals surface area contributed by atoms with Gasteiger partial charge in [-0.25, -0.2) is 5.43 Å². The van der Waals surface area contributed by atoms with Crippen LogP contribution in [0.4, 0.5) is 0 Å². The Morgan fingerprint density at radius 2 is 2.06 bits per heavy atom. The zero-order chi connectivity index (χ0) is 13.1. The Balaban J connectivity index is 2.49. The molecule has 1 atom stereocenters. The van der Waals surface area contributed by atoms with Crippen LogP contribution < -0.4 is 11.3 Å². The molecule has 0 bridgehead atoms. The monoisotopic (exact) mass is 281 g/mol. The molecule has 0 aliphatic rings. The van der Waals surface area contributed by atoms with Gasteiger partial charge in [0.2, 0.25) is 0 Å². The predicted octanol–water partition coefficient (Wildman–Crippen LogP) is 3.25. The molecule has 0 fully saturated rings. The lowest BCUT2D eigenvalue weighted by molar-refractivity contribution is 0.635. The van der Waals surface area contributed by atoms with Crippen LogP contribution >= 0.6 is 23.2 Å². The number of halogens is 2. The van der Waals surface area contributed by atoms with Gasteiger partial charge in [0.05, 0.1) is 16.1 Å². The molecule has 3 nitrogen and oxygen atoms in total. The molecule has 0 amide bonds. The van der Waals surface area contributed by atoms with Crippen molar-refractivity contribution in [3.8, 4) is 0 Å². The molecule has 0 spiro atoms. The quantitative estimate of drug-likeness (QED) is 0.671. The molecule has 2 aromatic rings. The number of nitrogens with zero attached hydrogens (tertiary/aromatic N) is 1. The van der Waals surface area contributed by atoms with Crippen LogP contribution in [0.3, 0.4) is 0 Å². The lowest BCUT2D eigenvalue weighted by atomic mass is 9.99. The van der Waals surface area contributed by atoms with Crippen LogP contribution in [0.25, 0.3) is 0 Å². The maximum Gasteiger partial charge on any atom is 0.0726 e. The van der Waals surface area contributed by atoms with Gasteiger partial charge in [-0.1, -0.05) is 35.3 Å². The van der Waals surface area contributed by atoms with Gasteiger partial charge in [-0.05, 0) is 36.2 Å². The average Bonchev–Trinajstić information content (AvgIpc) is 2.35. The van der Waals surface area contributed by atoms with E-state index in [-0.39, 0.29) is 6.04 Å². The molecule has 1 aromatic carbocycles. The van der Waals surface area contributed by atoms with Crippen LogP contribution in [0, 0.1) is 6.92 Å². The molecule has 3 N–H and O–H groups in total. The van der Waals surface area contributed by atoms with Crippen molar-refractivity contribution in [1.29, 1.82) is 0 Å². The van der Waals surface area contributed by atoms with Crippen LogP contribution in [0.1, 0.15) is 22.9 Å². The first kappa shape index (κ1) is 13.3.